The minimum Gasteiger partial charge on any atom is -0.374 e. The molecule has 0 N–H and O–H groups in total. The summed E-state index contributed by atoms with van der Waals surface area (Å²) in [5.41, 5.74) is 0. The van der Waals surface area contributed by atoms with E-state index < -0.39 is 5.92 Å². The van der Waals surface area contributed by atoms with Crippen molar-refractivity contribution in [1.29, 1.82) is 0 Å². The van der Waals surface area contributed by atoms with E-state index in [-0.39, 0.29) is 41.3 Å². The number of ether oxygens (including phenoxy) is 1. The summed E-state index contributed by atoms with van der Waals surface area (Å²) in [6.45, 7) is 8.02. The molecule has 26 heavy (non-hydrogen) atoms. The average Bonchev–Trinajstić information content (AvgIpc) is 2.61. The quantitative estimate of drug-likeness (QED) is 0.479. The number of carbonyl (C=O) groups is 2. The first-order valence-electron chi connectivity index (χ1n) is 10.1. The standard InChI is InChI=1S/C20H31ClN2O3/c1-4-7-11-22-17-13-9-10-14(26-6-3)15(20(22)25)18(16(17)21)23(19(13)24)12-8-5-2/h9-10,13-18H,4-8,11-12H2,1-3H3/t13-,14-,15-,16+,17+,18+/m1/s1. The number of amides is 2. The van der Waals surface area contributed by atoms with Crippen molar-refractivity contribution in [3.05, 3.63) is 12.2 Å². The van der Waals surface area contributed by atoms with Gasteiger partial charge in [0.15, 0.2) is 0 Å². The van der Waals surface area contributed by atoms with E-state index in [9.17, 15) is 9.59 Å². The Morgan fingerprint density at radius 1 is 0.962 bits per heavy atom. The molecular weight excluding hydrogens is 352 g/mol. The average molecular weight is 383 g/mol. The predicted molar refractivity (Wildman–Crippen MR) is 102 cm³/mol. The summed E-state index contributed by atoms with van der Waals surface area (Å²) in [6, 6.07) is -0.509. The highest BCUT2D eigenvalue weighted by Gasteiger charge is 2.61. The summed E-state index contributed by atoms with van der Waals surface area (Å²) in [6.07, 6.45) is 7.43. The van der Waals surface area contributed by atoms with Crippen LogP contribution in [0.25, 0.3) is 0 Å². The molecule has 0 unspecified atom stereocenters. The molecule has 4 bridgehead atoms. The third-order valence-corrected chi connectivity index (χ3v) is 6.49. The number of nitrogens with zero attached hydrogens (tertiary/aromatic N) is 2. The molecule has 1 aliphatic carbocycles. The van der Waals surface area contributed by atoms with E-state index in [1.165, 1.54) is 0 Å². The van der Waals surface area contributed by atoms with Gasteiger partial charge in [-0.15, -0.1) is 11.6 Å². The van der Waals surface area contributed by atoms with Gasteiger partial charge < -0.3 is 14.5 Å². The van der Waals surface area contributed by atoms with Crippen molar-refractivity contribution in [2.75, 3.05) is 19.7 Å². The van der Waals surface area contributed by atoms with Gasteiger partial charge in [-0.05, 0) is 19.8 Å². The van der Waals surface area contributed by atoms with E-state index in [1.807, 2.05) is 28.9 Å². The number of unbranched alkanes of at least 4 members (excludes halogenated alkanes) is 2. The molecule has 0 aromatic carbocycles. The molecule has 4 aliphatic heterocycles. The normalized spacial score (nSPS) is 36.0. The SMILES string of the molecule is CCCCN1C(=O)[C@@H]2C=C[C@@H](OCC)[C@H]3C(=O)N(CCCC)[C@@H]2[C@H](Cl)[C@H]31. The first kappa shape index (κ1) is 19.7. The van der Waals surface area contributed by atoms with Gasteiger partial charge in [0.2, 0.25) is 11.8 Å². The van der Waals surface area contributed by atoms with Gasteiger partial charge in [-0.25, -0.2) is 0 Å². The molecule has 2 fully saturated rings. The van der Waals surface area contributed by atoms with Gasteiger partial charge in [0.05, 0.1) is 35.4 Å². The summed E-state index contributed by atoms with van der Waals surface area (Å²) in [5, 5.41) is -0.248. The first-order valence-corrected chi connectivity index (χ1v) is 10.5. The van der Waals surface area contributed by atoms with E-state index in [4.69, 9.17) is 16.3 Å². The van der Waals surface area contributed by atoms with Crippen molar-refractivity contribution in [2.24, 2.45) is 11.8 Å². The van der Waals surface area contributed by atoms with Gasteiger partial charge in [0.1, 0.15) is 0 Å². The van der Waals surface area contributed by atoms with Crippen LogP contribution in [-0.2, 0) is 14.3 Å². The molecule has 5 nitrogen and oxygen atoms in total. The Morgan fingerprint density at radius 2 is 1.58 bits per heavy atom. The number of halogens is 1. The second kappa shape index (κ2) is 8.30. The molecule has 5 rings (SSSR count). The zero-order chi connectivity index (χ0) is 18.8. The van der Waals surface area contributed by atoms with E-state index in [0.29, 0.717) is 19.7 Å². The number of carbonyl (C=O) groups excluding carboxylic acids is 2. The molecular formula is C20H31ClN2O3. The fraction of sp³-hybridized carbons (Fsp3) is 0.800. The molecule has 0 aromatic heterocycles. The Morgan fingerprint density at radius 3 is 2.15 bits per heavy atom. The van der Waals surface area contributed by atoms with E-state index in [0.717, 1.165) is 25.7 Å². The molecule has 0 saturated carbocycles. The smallest absolute Gasteiger partial charge is 0.231 e. The van der Waals surface area contributed by atoms with Crippen molar-refractivity contribution in [3.8, 4) is 0 Å². The fourth-order valence-electron chi connectivity index (χ4n) is 4.71. The topological polar surface area (TPSA) is 49.9 Å². The molecule has 0 aromatic rings. The third kappa shape index (κ3) is 3.18. The number of piperidine rings is 2. The van der Waals surface area contributed by atoms with Crippen LogP contribution in [-0.4, -0.2) is 64.9 Å². The third-order valence-electron chi connectivity index (χ3n) is 5.97. The van der Waals surface area contributed by atoms with Crippen molar-refractivity contribution in [3.63, 3.8) is 0 Å². The number of fused-ring (bicyclic) bond motifs is 2. The number of hydrogen-bond donors (Lipinski definition) is 0. The van der Waals surface area contributed by atoms with Crippen LogP contribution in [0.15, 0.2) is 12.2 Å². The maximum atomic E-state index is 13.4. The number of alkyl halides is 1. The molecule has 2 amide bonds. The van der Waals surface area contributed by atoms with Crippen molar-refractivity contribution < 1.29 is 14.3 Å². The molecule has 0 radical (unpaired) electrons. The molecule has 5 aliphatic rings. The molecule has 0 spiro atoms. The maximum Gasteiger partial charge on any atom is 0.231 e. The van der Waals surface area contributed by atoms with Crippen molar-refractivity contribution >= 4 is 23.4 Å². The summed E-state index contributed by atoms with van der Waals surface area (Å²) >= 11 is 6.95. The Kier molecular flexibility index (Phi) is 6.29. The Labute approximate surface area is 161 Å². The zero-order valence-corrected chi connectivity index (χ0v) is 16.8. The van der Waals surface area contributed by atoms with E-state index in [2.05, 4.69) is 13.8 Å². The molecule has 4 heterocycles. The molecule has 6 heteroatoms. The first-order chi connectivity index (χ1) is 12.6. The fourth-order valence-corrected chi connectivity index (χ4v) is 5.29. The van der Waals surface area contributed by atoms with E-state index >= 15 is 0 Å². The summed E-state index contributed by atoms with van der Waals surface area (Å²) < 4.78 is 5.93. The molecule has 2 saturated heterocycles. The minimum absolute atomic E-state index is 0.104. The van der Waals surface area contributed by atoms with Crippen LogP contribution in [0.2, 0.25) is 0 Å². The summed E-state index contributed by atoms with van der Waals surface area (Å²) in [4.78, 5) is 30.4. The van der Waals surface area contributed by atoms with Crippen molar-refractivity contribution in [2.45, 2.75) is 70.0 Å². The van der Waals surface area contributed by atoms with Crippen LogP contribution in [0.3, 0.4) is 0 Å². The van der Waals surface area contributed by atoms with Crippen LogP contribution >= 0.6 is 11.6 Å². The molecule has 146 valence electrons. The van der Waals surface area contributed by atoms with Gasteiger partial charge in [-0.1, -0.05) is 38.8 Å². The van der Waals surface area contributed by atoms with Gasteiger partial charge in [0, 0.05) is 19.7 Å². The second-order valence-corrected chi connectivity index (χ2v) is 8.06. The van der Waals surface area contributed by atoms with Gasteiger partial charge in [0.25, 0.3) is 0 Å². The summed E-state index contributed by atoms with van der Waals surface area (Å²) in [7, 11) is 0. The van der Waals surface area contributed by atoms with Crippen LogP contribution in [0.5, 0.6) is 0 Å². The van der Waals surface area contributed by atoms with Gasteiger partial charge >= 0.3 is 0 Å². The molecule has 6 atom stereocenters. The summed E-state index contributed by atoms with van der Waals surface area (Å²) in [5.74, 6) is -0.554. The zero-order valence-electron chi connectivity index (χ0n) is 16.1. The predicted octanol–water partition coefficient (Wildman–Crippen LogP) is 2.82. The van der Waals surface area contributed by atoms with Crippen molar-refractivity contribution in [1.82, 2.24) is 9.80 Å². The lowest BCUT2D eigenvalue weighted by Gasteiger charge is -2.58. The van der Waals surface area contributed by atoms with Crippen LogP contribution in [0.4, 0.5) is 0 Å². The Bertz CT molecular complexity index is 561. The Hall–Kier alpha value is -1.07. The highest BCUT2D eigenvalue weighted by molar-refractivity contribution is 6.23. The lowest BCUT2D eigenvalue weighted by atomic mass is 9.71. The Balaban J connectivity index is 2.04. The van der Waals surface area contributed by atoms with E-state index in [1.54, 1.807) is 0 Å². The lowest BCUT2D eigenvalue weighted by Crippen LogP contribution is -2.75. The number of hydrogen-bond acceptors (Lipinski definition) is 3. The monoisotopic (exact) mass is 382 g/mol. The minimum atomic E-state index is -0.413. The van der Waals surface area contributed by atoms with Crippen LogP contribution in [0, 0.1) is 11.8 Å². The van der Waals surface area contributed by atoms with Gasteiger partial charge in [-0.3, -0.25) is 9.59 Å². The largest absolute Gasteiger partial charge is 0.374 e. The lowest BCUT2D eigenvalue weighted by molar-refractivity contribution is -0.170. The number of rotatable bonds is 8. The maximum absolute atomic E-state index is 13.4. The highest BCUT2D eigenvalue weighted by atomic mass is 35.5. The van der Waals surface area contributed by atoms with Crippen LogP contribution in [0.1, 0.15) is 46.5 Å². The second-order valence-electron chi connectivity index (χ2n) is 7.55. The van der Waals surface area contributed by atoms with Crippen LogP contribution < -0.4 is 0 Å². The van der Waals surface area contributed by atoms with Gasteiger partial charge in [-0.2, -0.15) is 0 Å². The highest BCUT2D eigenvalue weighted by Crippen LogP contribution is 2.44.